The number of halogens is 1. The Bertz CT molecular complexity index is 866. The second-order valence-corrected chi connectivity index (χ2v) is 6.44. The molecule has 1 aromatic carbocycles. The summed E-state index contributed by atoms with van der Waals surface area (Å²) in [5.74, 6) is 0. The van der Waals surface area contributed by atoms with E-state index in [1.165, 1.54) is 11.1 Å². The molecule has 2 N–H and O–H groups in total. The van der Waals surface area contributed by atoms with Crippen molar-refractivity contribution in [1.82, 2.24) is 19.9 Å². The summed E-state index contributed by atoms with van der Waals surface area (Å²) in [5, 5.41) is 8.53. The lowest BCUT2D eigenvalue weighted by atomic mass is 9.94. The first-order valence-electron chi connectivity index (χ1n) is 7.25. The Morgan fingerprint density at radius 2 is 2.30 bits per heavy atom. The van der Waals surface area contributed by atoms with Gasteiger partial charge in [0.1, 0.15) is 5.15 Å². The maximum Gasteiger partial charge on any atom is 0.132 e. The predicted molar refractivity (Wildman–Crippen MR) is 93.4 cm³/mol. The van der Waals surface area contributed by atoms with Crippen molar-refractivity contribution < 1.29 is 4.74 Å². The number of nitrogens with one attached hydrogen (secondary N) is 2. The number of pyridine rings is 1. The molecular weight excluding hydrogens is 332 g/mol. The highest BCUT2D eigenvalue weighted by Gasteiger charge is 2.23. The van der Waals surface area contributed by atoms with Crippen LogP contribution in [0.15, 0.2) is 30.6 Å². The molecule has 5 nitrogen and oxygen atoms in total. The maximum atomic E-state index is 6.08. The predicted octanol–water partition coefficient (Wildman–Crippen LogP) is 3.72. The standard InChI is InChI=1S/C16H15ClN4OS/c1-23-21-15-8-22-7-13-11(5-18-6-12(13)15)9-2-3-10-14(4-9)19-20-16(10)17/h2-6,15,21H,7-8H2,1H3,(H,19,20). The van der Waals surface area contributed by atoms with Gasteiger partial charge in [-0.15, -0.1) is 0 Å². The van der Waals surface area contributed by atoms with Crippen molar-refractivity contribution >= 4 is 34.5 Å². The molecule has 3 heterocycles. The van der Waals surface area contributed by atoms with E-state index in [1.807, 2.05) is 36.8 Å². The summed E-state index contributed by atoms with van der Waals surface area (Å²) in [6, 6.07) is 6.22. The van der Waals surface area contributed by atoms with Crippen LogP contribution in [0.2, 0.25) is 5.15 Å². The van der Waals surface area contributed by atoms with Crippen LogP contribution in [0.3, 0.4) is 0 Å². The number of fused-ring (bicyclic) bond motifs is 2. The van der Waals surface area contributed by atoms with Crippen molar-refractivity contribution in [2.24, 2.45) is 0 Å². The van der Waals surface area contributed by atoms with Crippen molar-refractivity contribution in [2.45, 2.75) is 12.6 Å². The van der Waals surface area contributed by atoms with Crippen LogP contribution in [-0.2, 0) is 11.3 Å². The van der Waals surface area contributed by atoms with Gasteiger partial charge in [0.25, 0.3) is 0 Å². The van der Waals surface area contributed by atoms with Gasteiger partial charge in [0.05, 0.1) is 24.8 Å². The number of hydrogen-bond donors (Lipinski definition) is 2. The van der Waals surface area contributed by atoms with Crippen LogP contribution in [0.5, 0.6) is 0 Å². The molecule has 0 saturated carbocycles. The van der Waals surface area contributed by atoms with Gasteiger partial charge in [0.15, 0.2) is 0 Å². The largest absolute Gasteiger partial charge is 0.375 e. The van der Waals surface area contributed by atoms with Crippen LogP contribution in [0.4, 0.5) is 0 Å². The molecule has 0 aliphatic carbocycles. The average Bonchev–Trinajstić information content (AvgIpc) is 2.95. The molecule has 0 spiro atoms. The molecule has 7 heteroatoms. The molecule has 3 aromatic rings. The number of ether oxygens (including phenoxy) is 1. The molecule has 1 aliphatic rings. The fraction of sp³-hybridized carbons (Fsp3) is 0.250. The van der Waals surface area contributed by atoms with E-state index in [0.29, 0.717) is 18.4 Å². The smallest absolute Gasteiger partial charge is 0.132 e. The summed E-state index contributed by atoms with van der Waals surface area (Å²) >= 11 is 7.67. The molecule has 0 radical (unpaired) electrons. The first kappa shape index (κ1) is 15.0. The second kappa shape index (κ2) is 6.13. The van der Waals surface area contributed by atoms with Gasteiger partial charge in [-0.05, 0) is 35.1 Å². The molecule has 1 aliphatic heterocycles. The van der Waals surface area contributed by atoms with Crippen LogP contribution in [0, 0.1) is 0 Å². The Morgan fingerprint density at radius 3 is 3.17 bits per heavy atom. The first-order chi connectivity index (χ1) is 11.3. The van der Waals surface area contributed by atoms with Gasteiger partial charge in [0, 0.05) is 23.3 Å². The average molecular weight is 347 g/mol. The number of nitrogens with zero attached hydrogens (tertiary/aromatic N) is 2. The minimum absolute atomic E-state index is 0.157. The van der Waals surface area contributed by atoms with Crippen LogP contribution in [-0.4, -0.2) is 28.0 Å². The quantitative estimate of drug-likeness (QED) is 0.708. The van der Waals surface area contributed by atoms with E-state index < -0.39 is 0 Å². The first-order valence-corrected chi connectivity index (χ1v) is 8.85. The third kappa shape index (κ3) is 2.61. The van der Waals surface area contributed by atoms with Gasteiger partial charge < -0.3 is 4.74 Å². The van der Waals surface area contributed by atoms with E-state index in [9.17, 15) is 0 Å². The van der Waals surface area contributed by atoms with E-state index in [2.05, 4.69) is 19.9 Å². The highest BCUT2D eigenvalue weighted by Crippen LogP contribution is 2.34. The van der Waals surface area contributed by atoms with Crippen molar-refractivity contribution in [2.75, 3.05) is 12.9 Å². The monoisotopic (exact) mass is 346 g/mol. The molecule has 23 heavy (non-hydrogen) atoms. The molecule has 1 unspecified atom stereocenters. The Kier molecular flexibility index (Phi) is 3.98. The van der Waals surface area contributed by atoms with Crippen LogP contribution < -0.4 is 4.72 Å². The van der Waals surface area contributed by atoms with Crippen LogP contribution >= 0.6 is 23.5 Å². The minimum atomic E-state index is 0.157. The molecule has 4 rings (SSSR count). The number of H-pyrrole nitrogens is 1. The molecular formula is C16H15ClN4OS. The normalized spacial score (nSPS) is 17.4. The minimum Gasteiger partial charge on any atom is -0.375 e. The highest BCUT2D eigenvalue weighted by atomic mass is 35.5. The fourth-order valence-electron chi connectivity index (χ4n) is 2.97. The van der Waals surface area contributed by atoms with Gasteiger partial charge in [-0.1, -0.05) is 29.6 Å². The Balaban J connectivity index is 1.83. The fourth-order valence-corrected chi connectivity index (χ4v) is 3.65. The SMILES string of the molecule is CSNC1COCc2c(-c3ccc4c(Cl)[nH]nc4c3)cncc21. The van der Waals surface area contributed by atoms with E-state index in [-0.39, 0.29) is 6.04 Å². The summed E-state index contributed by atoms with van der Waals surface area (Å²) in [7, 11) is 0. The Hall–Kier alpha value is -1.60. The van der Waals surface area contributed by atoms with Crippen molar-refractivity contribution in [3.05, 3.63) is 46.9 Å². The lowest BCUT2D eigenvalue weighted by Crippen LogP contribution is -2.26. The van der Waals surface area contributed by atoms with E-state index in [0.717, 1.165) is 22.0 Å². The van der Waals surface area contributed by atoms with Crippen LogP contribution in [0.1, 0.15) is 17.2 Å². The molecule has 0 amide bonds. The number of aromatic amines is 1. The van der Waals surface area contributed by atoms with Crippen molar-refractivity contribution in [3.8, 4) is 11.1 Å². The molecule has 0 fully saturated rings. The number of hydrogen-bond acceptors (Lipinski definition) is 5. The molecule has 0 saturated heterocycles. The third-order valence-corrected chi connectivity index (χ3v) is 4.89. The van der Waals surface area contributed by atoms with E-state index in [4.69, 9.17) is 16.3 Å². The van der Waals surface area contributed by atoms with Gasteiger partial charge in [0.2, 0.25) is 0 Å². The summed E-state index contributed by atoms with van der Waals surface area (Å²) in [6.45, 7) is 1.26. The lowest BCUT2D eigenvalue weighted by molar-refractivity contribution is 0.0892. The second-order valence-electron chi connectivity index (χ2n) is 5.41. The molecule has 1 atom stereocenters. The van der Waals surface area contributed by atoms with Crippen LogP contribution in [0.25, 0.3) is 22.0 Å². The Morgan fingerprint density at radius 1 is 1.39 bits per heavy atom. The topological polar surface area (TPSA) is 62.8 Å². The zero-order valence-electron chi connectivity index (χ0n) is 12.5. The van der Waals surface area contributed by atoms with E-state index in [1.54, 1.807) is 11.9 Å². The highest BCUT2D eigenvalue weighted by molar-refractivity contribution is 7.96. The van der Waals surface area contributed by atoms with Gasteiger partial charge >= 0.3 is 0 Å². The number of aromatic nitrogens is 3. The summed E-state index contributed by atoms with van der Waals surface area (Å²) in [4.78, 5) is 4.43. The van der Waals surface area contributed by atoms with Gasteiger partial charge in [-0.25, -0.2) is 0 Å². The van der Waals surface area contributed by atoms with E-state index >= 15 is 0 Å². The molecule has 118 valence electrons. The van der Waals surface area contributed by atoms with Crippen molar-refractivity contribution in [3.63, 3.8) is 0 Å². The van der Waals surface area contributed by atoms with Gasteiger partial charge in [-0.2, -0.15) is 5.10 Å². The number of benzene rings is 1. The zero-order valence-corrected chi connectivity index (χ0v) is 14.0. The zero-order chi connectivity index (χ0) is 15.8. The summed E-state index contributed by atoms with van der Waals surface area (Å²) in [5.41, 5.74) is 5.37. The summed E-state index contributed by atoms with van der Waals surface area (Å²) in [6.07, 6.45) is 5.83. The van der Waals surface area contributed by atoms with Gasteiger partial charge in [-0.3, -0.25) is 14.8 Å². The number of rotatable bonds is 3. The van der Waals surface area contributed by atoms with Crippen molar-refractivity contribution in [1.29, 1.82) is 0 Å². The molecule has 0 bridgehead atoms. The third-order valence-electron chi connectivity index (χ3n) is 4.08. The molecule has 2 aromatic heterocycles. The Labute approximate surface area is 142 Å². The summed E-state index contributed by atoms with van der Waals surface area (Å²) < 4.78 is 9.14. The lowest BCUT2D eigenvalue weighted by Gasteiger charge is -2.27. The maximum absolute atomic E-state index is 6.08.